The predicted octanol–water partition coefficient (Wildman–Crippen LogP) is 3.17. The Kier molecular flexibility index (Phi) is 3.08. The highest BCUT2D eigenvalue weighted by atomic mass is 32.1. The average Bonchev–Trinajstić information content (AvgIpc) is 2.83. The summed E-state index contributed by atoms with van der Waals surface area (Å²) in [7, 11) is 0. The van der Waals surface area contributed by atoms with Gasteiger partial charge in [-0.3, -0.25) is 0 Å². The number of hydrogen-bond donors (Lipinski definition) is 2. The summed E-state index contributed by atoms with van der Waals surface area (Å²) in [5, 5.41) is 1.92. The van der Waals surface area contributed by atoms with Crippen LogP contribution in [0.2, 0.25) is 0 Å². The first-order valence-corrected chi connectivity index (χ1v) is 6.74. The van der Waals surface area contributed by atoms with Crippen LogP contribution >= 0.6 is 11.3 Å². The van der Waals surface area contributed by atoms with Crippen LogP contribution in [0.25, 0.3) is 22.4 Å². The fourth-order valence-electron chi connectivity index (χ4n) is 1.86. The minimum atomic E-state index is -0.352. The van der Waals surface area contributed by atoms with Gasteiger partial charge in [-0.15, -0.1) is 11.3 Å². The smallest absolute Gasteiger partial charge is 0.144 e. The summed E-state index contributed by atoms with van der Waals surface area (Å²) < 4.78 is 14.5. The Bertz CT molecular complexity index is 810. The number of nitrogens with two attached hydrogens (primary N) is 2. The first-order valence-electron chi connectivity index (χ1n) is 5.86. The maximum Gasteiger partial charge on any atom is 0.144 e. The van der Waals surface area contributed by atoms with Crippen molar-refractivity contribution in [1.29, 1.82) is 0 Å². The normalized spacial score (nSPS) is 11.4. The molecule has 0 spiro atoms. The van der Waals surface area contributed by atoms with Crippen molar-refractivity contribution in [3.8, 4) is 0 Å². The Morgan fingerprint density at radius 2 is 1.90 bits per heavy atom. The number of thiophene rings is 1. The molecule has 0 saturated carbocycles. The van der Waals surface area contributed by atoms with E-state index in [0.29, 0.717) is 17.1 Å². The molecule has 20 heavy (non-hydrogen) atoms. The summed E-state index contributed by atoms with van der Waals surface area (Å²) in [5.74, 6) is 0.105. The molecular formula is C14H11FN4S. The van der Waals surface area contributed by atoms with E-state index >= 15 is 0 Å². The molecule has 0 aliphatic heterocycles. The molecule has 1 aromatic carbocycles. The number of nitrogen functional groups attached to an aromatic ring is 2. The molecule has 4 N–H and O–H groups in total. The SMILES string of the molecule is Nc1ccc(/C=C/c2csc3c(N)ncnc23)c(F)c1. The zero-order valence-corrected chi connectivity index (χ0v) is 11.2. The third kappa shape index (κ3) is 2.21. The monoisotopic (exact) mass is 286 g/mol. The number of aromatic nitrogens is 2. The van der Waals surface area contributed by atoms with Gasteiger partial charge in [-0.05, 0) is 18.2 Å². The van der Waals surface area contributed by atoms with Crippen molar-refractivity contribution in [2.75, 3.05) is 11.5 Å². The Labute approximate surface area is 118 Å². The molecule has 0 fully saturated rings. The van der Waals surface area contributed by atoms with Crippen LogP contribution < -0.4 is 11.5 Å². The summed E-state index contributed by atoms with van der Waals surface area (Å²) in [5.41, 5.74) is 13.8. The standard InChI is InChI=1S/C14H11FN4S/c15-11-5-10(16)4-3-8(11)1-2-9-6-20-13-12(9)18-7-19-14(13)17/h1-7H,16H2,(H2,17,18,19)/b2-1+. The van der Waals surface area contributed by atoms with Gasteiger partial charge in [0.25, 0.3) is 0 Å². The van der Waals surface area contributed by atoms with Gasteiger partial charge in [-0.2, -0.15) is 0 Å². The van der Waals surface area contributed by atoms with Gasteiger partial charge in [0, 0.05) is 22.2 Å². The summed E-state index contributed by atoms with van der Waals surface area (Å²) in [6, 6.07) is 4.60. The van der Waals surface area contributed by atoms with Crippen LogP contribution in [0.5, 0.6) is 0 Å². The number of rotatable bonds is 2. The van der Waals surface area contributed by atoms with Gasteiger partial charge in [0.15, 0.2) is 0 Å². The van der Waals surface area contributed by atoms with Crippen LogP contribution in [0.4, 0.5) is 15.9 Å². The molecule has 2 aromatic heterocycles. The molecule has 0 atom stereocenters. The molecule has 100 valence electrons. The van der Waals surface area contributed by atoms with Crippen LogP contribution in [-0.4, -0.2) is 9.97 Å². The maximum atomic E-state index is 13.7. The number of hydrogen-bond acceptors (Lipinski definition) is 5. The van der Waals surface area contributed by atoms with Crippen molar-refractivity contribution in [2.24, 2.45) is 0 Å². The van der Waals surface area contributed by atoms with Crippen LogP contribution in [0.1, 0.15) is 11.1 Å². The molecule has 4 nitrogen and oxygen atoms in total. The zero-order chi connectivity index (χ0) is 14.1. The quantitative estimate of drug-likeness (QED) is 0.709. The Hall–Kier alpha value is -2.47. The Morgan fingerprint density at radius 1 is 1.10 bits per heavy atom. The lowest BCUT2D eigenvalue weighted by Crippen LogP contribution is -1.90. The summed E-state index contributed by atoms with van der Waals surface area (Å²) in [6.07, 6.45) is 4.92. The van der Waals surface area contributed by atoms with E-state index < -0.39 is 0 Å². The highest BCUT2D eigenvalue weighted by molar-refractivity contribution is 7.18. The topological polar surface area (TPSA) is 77.8 Å². The van der Waals surface area contributed by atoms with E-state index in [4.69, 9.17) is 11.5 Å². The molecule has 0 radical (unpaired) electrons. The van der Waals surface area contributed by atoms with Gasteiger partial charge in [0.05, 0.1) is 10.2 Å². The van der Waals surface area contributed by atoms with E-state index in [9.17, 15) is 4.39 Å². The zero-order valence-electron chi connectivity index (χ0n) is 10.4. The Morgan fingerprint density at radius 3 is 2.70 bits per heavy atom. The van der Waals surface area contributed by atoms with E-state index in [1.54, 1.807) is 24.3 Å². The maximum absolute atomic E-state index is 13.7. The van der Waals surface area contributed by atoms with E-state index in [1.165, 1.54) is 23.7 Å². The molecule has 0 aliphatic carbocycles. The van der Waals surface area contributed by atoms with Crippen LogP contribution in [-0.2, 0) is 0 Å². The Balaban J connectivity index is 2.00. The van der Waals surface area contributed by atoms with E-state index in [1.807, 2.05) is 5.38 Å². The van der Waals surface area contributed by atoms with Crippen molar-refractivity contribution >= 4 is 45.2 Å². The number of halogens is 1. The van der Waals surface area contributed by atoms with Gasteiger partial charge in [0.2, 0.25) is 0 Å². The van der Waals surface area contributed by atoms with Gasteiger partial charge < -0.3 is 11.5 Å². The minimum absolute atomic E-state index is 0.352. The highest BCUT2D eigenvalue weighted by Crippen LogP contribution is 2.28. The van der Waals surface area contributed by atoms with Crippen molar-refractivity contribution in [3.05, 3.63) is 46.9 Å². The van der Waals surface area contributed by atoms with Crippen molar-refractivity contribution in [1.82, 2.24) is 9.97 Å². The van der Waals surface area contributed by atoms with Gasteiger partial charge in [0.1, 0.15) is 18.0 Å². The van der Waals surface area contributed by atoms with Gasteiger partial charge in [-0.25, -0.2) is 14.4 Å². The van der Waals surface area contributed by atoms with Crippen LogP contribution in [0.3, 0.4) is 0 Å². The number of nitrogens with zero attached hydrogens (tertiary/aromatic N) is 2. The molecule has 0 amide bonds. The third-order valence-corrected chi connectivity index (χ3v) is 3.89. The average molecular weight is 286 g/mol. The molecule has 0 bridgehead atoms. The van der Waals surface area contributed by atoms with E-state index in [-0.39, 0.29) is 5.82 Å². The number of benzene rings is 1. The number of fused-ring (bicyclic) bond motifs is 1. The molecule has 2 heterocycles. The van der Waals surface area contributed by atoms with Crippen molar-refractivity contribution in [2.45, 2.75) is 0 Å². The fourth-order valence-corrected chi connectivity index (χ4v) is 2.75. The highest BCUT2D eigenvalue weighted by Gasteiger charge is 2.06. The minimum Gasteiger partial charge on any atom is -0.399 e. The molecule has 3 rings (SSSR count). The third-order valence-electron chi connectivity index (χ3n) is 2.88. The molecule has 3 aromatic rings. The van der Waals surface area contributed by atoms with Crippen molar-refractivity contribution in [3.63, 3.8) is 0 Å². The van der Waals surface area contributed by atoms with Crippen LogP contribution in [0, 0.1) is 5.82 Å². The largest absolute Gasteiger partial charge is 0.399 e. The second kappa shape index (κ2) is 4.90. The van der Waals surface area contributed by atoms with E-state index in [0.717, 1.165) is 15.8 Å². The number of anilines is 2. The second-order valence-corrected chi connectivity index (χ2v) is 5.12. The second-order valence-electron chi connectivity index (χ2n) is 4.24. The first-order chi connectivity index (χ1) is 9.65. The summed E-state index contributed by atoms with van der Waals surface area (Å²) in [4.78, 5) is 8.15. The van der Waals surface area contributed by atoms with Crippen LogP contribution in [0.15, 0.2) is 29.9 Å². The van der Waals surface area contributed by atoms with Gasteiger partial charge in [-0.1, -0.05) is 12.2 Å². The predicted molar refractivity (Wildman–Crippen MR) is 81.6 cm³/mol. The first kappa shape index (κ1) is 12.6. The summed E-state index contributed by atoms with van der Waals surface area (Å²) in [6.45, 7) is 0. The molecule has 0 unspecified atom stereocenters. The lowest BCUT2D eigenvalue weighted by Gasteiger charge is -1.98. The molecular weight excluding hydrogens is 275 g/mol. The molecule has 6 heteroatoms. The molecule has 0 aliphatic rings. The molecule has 0 saturated heterocycles. The summed E-state index contributed by atoms with van der Waals surface area (Å²) >= 11 is 1.47. The fraction of sp³-hybridized carbons (Fsp3) is 0. The van der Waals surface area contributed by atoms with E-state index in [2.05, 4.69) is 9.97 Å². The van der Waals surface area contributed by atoms with Crippen molar-refractivity contribution < 1.29 is 4.39 Å². The lowest BCUT2D eigenvalue weighted by atomic mass is 10.1. The van der Waals surface area contributed by atoms with Gasteiger partial charge >= 0.3 is 0 Å². The lowest BCUT2D eigenvalue weighted by molar-refractivity contribution is 0.626.